The lowest BCUT2D eigenvalue weighted by atomic mass is 9.73. The van der Waals surface area contributed by atoms with Crippen molar-refractivity contribution >= 4 is 17.5 Å². The minimum Gasteiger partial charge on any atom is -0.369 e. The van der Waals surface area contributed by atoms with Crippen LogP contribution in [0.15, 0.2) is 51.0 Å². The summed E-state index contributed by atoms with van der Waals surface area (Å²) in [6.07, 6.45) is 23.3. The van der Waals surface area contributed by atoms with Crippen molar-refractivity contribution in [1.82, 2.24) is 106 Å². The van der Waals surface area contributed by atoms with Crippen LogP contribution in [-0.4, -0.2) is 341 Å². The fourth-order valence-electron chi connectivity index (χ4n) is 27.7. The van der Waals surface area contributed by atoms with Crippen molar-refractivity contribution in [2.75, 3.05) is 89.6 Å². The second-order valence-corrected chi connectivity index (χ2v) is 54.7. The molecular formula is C103H196N24O3. The van der Waals surface area contributed by atoms with E-state index in [0.717, 1.165) is 151 Å². The molecule has 5 N–H and O–H groups in total. The average Bonchev–Trinajstić information content (AvgIpc) is 0.739. The van der Waals surface area contributed by atoms with Gasteiger partial charge in [-0.3, -0.25) is 44.1 Å². The zero-order valence-electron chi connectivity index (χ0n) is 91.7. The predicted octanol–water partition coefficient (Wildman–Crippen LogP) is 16.0. The van der Waals surface area contributed by atoms with Crippen molar-refractivity contribution in [3.05, 3.63) is 35.7 Å². The number of piperidine rings is 9. The molecule has 0 saturated carbocycles. The monoisotopic (exact) mass is 1820 g/mol. The van der Waals surface area contributed by atoms with Gasteiger partial charge in [0.05, 0.1) is 18.3 Å². The van der Waals surface area contributed by atoms with E-state index >= 15 is 0 Å². The Morgan fingerprint density at radius 2 is 0.415 bits per heavy atom. The van der Waals surface area contributed by atoms with E-state index in [1.54, 1.807) is 10.6 Å². The van der Waals surface area contributed by atoms with Crippen LogP contribution >= 0.6 is 0 Å². The molecule has 12 aliphatic heterocycles. The summed E-state index contributed by atoms with van der Waals surface area (Å²) in [6, 6.07) is 0.963. The summed E-state index contributed by atoms with van der Waals surface area (Å²) in [5.41, 5.74) is 9.59. The molecule has 27 heteroatoms. The Labute approximate surface area is 793 Å². The van der Waals surface area contributed by atoms with Crippen LogP contribution in [-0.2, 0) is 14.5 Å². The number of hydrogen-bond acceptors (Lipinski definition) is 27. The molecule has 0 atom stereocenters. The molecule has 746 valence electrons. The number of amidine groups is 3. The molecule has 0 aromatic rings. The quantitative estimate of drug-likeness (QED) is 0.0733. The Kier molecular flexibility index (Phi) is 28.1. The Morgan fingerprint density at radius 3 is 0.600 bits per heavy atom. The smallest absolute Gasteiger partial charge is 0.157 e. The van der Waals surface area contributed by atoms with Gasteiger partial charge in [0, 0.05) is 180 Å². The van der Waals surface area contributed by atoms with E-state index in [9.17, 15) is 0 Å². The molecule has 12 aliphatic rings. The molecule has 12 rings (SSSR count). The molecular weight excluding hydrogens is 1620 g/mol. The zero-order chi connectivity index (χ0) is 97.4. The maximum atomic E-state index is 7.63. The van der Waals surface area contributed by atoms with E-state index in [1.807, 2.05) is 5.28 Å². The molecule has 9 fully saturated rings. The van der Waals surface area contributed by atoms with E-state index < -0.39 is 0 Å². The van der Waals surface area contributed by atoms with Gasteiger partial charge in [0.2, 0.25) is 0 Å². The van der Waals surface area contributed by atoms with Crippen LogP contribution in [0.3, 0.4) is 0 Å². The first-order valence-electron chi connectivity index (χ1n) is 50.7. The van der Waals surface area contributed by atoms with Crippen LogP contribution in [0.2, 0.25) is 0 Å². The van der Waals surface area contributed by atoms with Gasteiger partial charge in [-0.25, -0.2) is 30.8 Å². The second-order valence-electron chi connectivity index (χ2n) is 54.7. The lowest BCUT2D eigenvalue weighted by molar-refractivity contribution is -0.255. The summed E-state index contributed by atoms with van der Waals surface area (Å²) in [5.74, 6) is 5.35. The number of hydrogen-bond donors (Lipinski definition) is 5. The van der Waals surface area contributed by atoms with Crippen molar-refractivity contribution in [1.29, 1.82) is 0 Å². The highest BCUT2D eigenvalue weighted by atomic mass is 16.8. The molecule has 0 unspecified atom stereocenters. The SMILES string of the molecule is CN1C(C)(C)CC(ON2N=C(N(C3CC(C)(C)N(C)C(C)(C)C3)C3CC(C)(C)N(C)C(C)(C)C3)C=C(NCCN(CCNC3=CC(N(C4CC(C)(C)N(C)C(C)(C)C4)C4CC(C)(C)N(C)C(C)(C)C4)=NN(OC4CC(C)(C)N(C)C(C)(C)C4)N3)C3=CC(N(C4CC(C)(C)N(C)C(C)(C)C4)C4CC(C)(C)N(C)C(C)(C)C4)=NN(OC4CC(C)(C)N(C)C(C)(C)C4)N3)N2)CC1(C)C. The molecule has 12 heterocycles. The minimum atomic E-state index is -0.157. The van der Waals surface area contributed by atoms with E-state index in [2.05, 4.69) is 422 Å². The third kappa shape index (κ3) is 21.5. The largest absolute Gasteiger partial charge is 0.369 e. The van der Waals surface area contributed by atoms with Gasteiger partial charge >= 0.3 is 0 Å². The summed E-state index contributed by atoms with van der Waals surface area (Å²) in [5, 5.41) is 31.1. The summed E-state index contributed by atoms with van der Waals surface area (Å²) >= 11 is 0. The number of likely N-dealkylation sites (tertiary alicyclic amines) is 9. The normalized spacial score (nSPS) is 30.1. The molecule has 0 radical (unpaired) electrons. The summed E-state index contributed by atoms with van der Waals surface area (Å²) in [4.78, 5) is 56.8. The van der Waals surface area contributed by atoms with Crippen molar-refractivity contribution < 1.29 is 14.5 Å². The van der Waals surface area contributed by atoms with Gasteiger partial charge in [0.25, 0.3) is 0 Å². The average molecular weight is 1820 g/mol. The van der Waals surface area contributed by atoms with Crippen molar-refractivity contribution in [3.8, 4) is 0 Å². The van der Waals surface area contributed by atoms with Gasteiger partial charge in [-0.05, 0) is 428 Å². The van der Waals surface area contributed by atoms with Gasteiger partial charge in [0.15, 0.2) is 17.5 Å². The minimum absolute atomic E-state index is 0.0960. The molecule has 27 nitrogen and oxygen atoms in total. The molecule has 0 aromatic carbocycles. The highest BCUT2D eigenvalue weighted by Gasteiger charge is 2.58. The van der Waals surface area contributed by atoms with Gasteiger partial charge in [-0.2, -0.15) is 0 Å². The van der Waals surface area contributed by atoms with E-state index in [0.29, 0.717) is 26.2 Å². The van der Waals surface area contributed by atoms with Crippen LogP contribution in [0.1, 0.15) is 365 Å². The lowest BCUT2D eigenvalue weighted by Crippen LogP contribution is -2.68. The fraction of sp³-hybridized carbons (Fsp3) is 0.913. The third-order valence-corrected chi connectivity index (χ3v) is 37.2. The molecule has 0 bridgehead atoms. The van der Waals surface area contributed by atoms with Gasteiger partial charge in [-0.1, -0.05) is 15.8 Å². The van der Waals surface area contributed by atoms with Crippen LogP contribution in [0, 0.1) is 0 Å². The number of hydrazone groups is 3. The topological polar surface area (TPSA) is 177 Å². The Bertz CT molecular complexity index is 3730. The first-order chi connectivity index (χ1) is 58.9. The van der Waals surface area contributed by atoms with Crippen LogP contribution in [0.5, 0.6) is 0 Å². The molecule has 9 saturated heterocycles. The van der Waals surface area contributed by atoms with Crippen LogP contribution in [0.25, 0.3) is 0 Å². The van der Waals surface area contributed by atoms with Gasteiger partial charge in [-0.15, -0.1) is 15.3 Å². The van der Waals surface area contributed by atoms with Gasteiger partial charge < -0.3 is 30.2 Å². The highest BCUT2D eigenvalue weighted by Crippen LogP contribution is 2.52. The van der Waals surface area contributed by atoms with E-state index in [1.165, 1.54) is 0 Å². The summed E-state index contributed by atoms with van der Waals surface area (Å²) in [6.45, 7) is 89.5. The number of rotatable bonds is 21. The van der Waals surface area contributed by atoms with Crippen LogP contribution in [0.4, 0.5) is 0 Å². The van der Waals surface area contributed by atoms with Gasteiger partial charge in [0.1, 0.15) is 17.5 Å². The lowest BCUT2D eigenvalue weighted by Gasteiger charge is -2.60. The summed E-state index contributed by atoms with van der Waals surface area (Å²) in [7, 11) is 20.9. The summed E-state index contributed by atoms with van der Waals surface area (Å²) < 4.78 is 0. The van der Waals surface area contributed by atoms with E-state index in [-0.39, 0.29) is 154 Å². The zero-order valence-corrected chi connectivity index (χ0v) is 91.7. The fourth-order valence-corrected chi connectivity index (χ4v) is 27.7. The molecule has 0 amide bonds. The highest BCUT2D eigenvalue weighted by molar-refractivity contribution is 5.95. The first-order valence-corrected chi connectivity index (χ1v) is 50.7. The number of hydrazine groups is 3. The second kappa shape index (κ2) is 35.0. The van der Waals surface area contributed by atoms with E-state index in [4.69, 9.17) is 29.8 Å². The molecule has 0 aromatic heterocycles. The van der Waals surface area contributed by atoms with Crippen LogP contribution < -0.4 is 26.9 Å². The molecule has 0 spiro atoms. The molecule has 0 aliphatic carbocycles. The maximum absolute atomic E-state index is 7.63. The Morgan fingerprint density at radius 1 is 0.254 bits per heavy atom. The predicted molar refractivity (Wildman–Crippen MR) is 538 cm³/mol. The molecule has 130 heavy (non-hydrogen) atoms. The maximum Gasteiger partial charge on any atom is 0.157 e. The number of nitrogens with one attached hydrogen (secondary N) is 5. The van der Waals surface area contributed by atoms with Crippen molar-refractivity contribution in [2.24, 2.45) is 15.3 Å². The Balaban J connectivity index is 1.01. The van der Waals surface area contributed by atoms with Crippen molar-refractivity contribution in [2.45, 2.75) is 519 Å². The van der Waals surface area contributed by atoms with Crippen molar-refractivity contribution in [3.63, 3.8) is 0 Å². The Hall–Kier alpha value is -4.65. The third-order valence-electron chi connectivity index (χ3n) is 37.2. The standard InChI is InChI=1S/C103H196N24O3/c1-86(2)53-71(54-87(3,4)112(86)37)122(72-55-88(5,6)113(38)89(7,8)56-72)83-50-80(106-125(109-83)128-77-65-98(25,26)118(43)99(27,28)66-77)104-46-48-121(82-52-85(111-127(108-82)130-79-69-102(33,34)120(45)103(35,36)70-79)124(75-61-94(17,18)116(41)95(19,20)62-75)76-63-96(21,22)117(42)97(23,24)64-76)49-47-105-81-51-84(110-126(107-81)129-78-67-100(29,30)119(44)101(31,32)68-78)123(73-57-90(9,10)114(39)91(11,12)58-73)74-59-92(13,14)115(40)93(15,16)60-74/h50-52,71-79,104-108H,46-49,53-70H2,1-45H3. The first kappa shape index (κ1) is 104. The number of nitrogens with zero attached hydrogens (tertiary/aromatic N) is 19.